The predicted octanol–water partition coefficient (Wildman–Crippen LogP) is 2.98. The number of nitrogens with one attached hydrogen (secondary N) is 1. The molecule has 1 heterocycles. The summed E-state index contributed by atoms with van der Waals surface area (Å²) in [4.78, 5) is 12.4. The summed E-state index contributed by atoms with van der Waals surface area (Å²) >= 11 is 5.84. The van der Waals surface area contributed by atoms with Gasteiger partial charge in [0.2, 0.25) is 0 Å². The molecule has 1 saturated carbocycles. The van der Waals surface area contributed by atoms with Crippen LogP contribution >= 0.6 is 11.6 Å². The van der Waals surface area contributed by atoms with E-state index >= 15 is 0 Å². The first-order valence-corrected chi connectivity index (χ1v) is 9.99. The zero-order chi connectivity index (χ0) is 17.6. The molecule has 4 rings (SSSR count). The molecule has 1 fully saturated rings. The Labute approximate surface area is 151 Å². The van der Waals surface area contributed by atoms with E-state index in [4.69, 9.17) is 11.6 Å². The molecule has 0 atom stereocenters. The van der Waals surface area contributed by atoms with Crippen LogP contribution in [-0.4, -0.2) is 26.9 Å². The fourth-order valence-electron chi connectivity index (χ4n) is 2.99. The first-order chi connectivity index (χ1) is 11.9. The maximum Gasteiger partial charge on any atom is 0.264 e. The van der Waals surface area contributed by atoms with Crippen molar-refractivity contribution in [3.63, 3.8) is 0 Å². The van der Waals surface area contributed by atoms with Crippen molar-refractivity contribution < 1.29 is 13.2 Å². The van der Waals surface area contributed by atoms with E-state index in [0.717, 1.165) is 18.4 Å². The monoisotopic (exact) mass is 376 g/mol. The predicted molar refractivity (Wildman–Crippen MR) is 96.6 cm³/mol. The van der Waals surface area contributed by atoms with E-state index in [-0.39, 0.29) is 10.8 Å². The van der Waals surface area contributed by atoms with Crippen molar-refractivity contribution in [2.75, 3.05) is 10.8 Å². The fourth-order valence-corrected chi connectivity index (χ4v) is 4.62. The van der Waals surface area contributed by atoms with E-state index in [9.17, 15) is 13.2 Å². The highest BCUT2D eigenvalue weighted by Crippen LogP contribution is 2.34. The molecule has 5 nitrogen and oxygen atoms in total. The smallest absolute Gasteiger partial charge is 0.264 e. The minimum absolute atomic E-state index is 0.0932. The van der Waals surface area contributed by atoms with Crippen molar-refractivity contribution in [2.24, 2.45) is 0 Å². The number of hydrogen-bond donors (Lipinski definition) is 1. The third kappa shape index (κ3) is 3.12. The molecule has 7 heteroatoms. The van der Waals surface area contributed by atoms with E-state index in [1.807, 2.05) is 0 Å². The molecule has 1 N–H and O–H groups in total. The molecule has 0 saturated heterocycles. The lowest BCUT2D eigenvalue weighted by molar-refractivity contribution is 0.0951. The van der Waals surface area contributed by atoms with Gasteiger partial charge in [-0.1, -0.05) is 11.6 Å². The van der Waals surface area contributed by atoms with Crippen LogP contribution in [0.2, 0.25) is 5.02 Å². The summed E-state index contributed by atoms with van der Waals surface area (Å²) in [5.41, 5.74) is 2.09. The van der Waals surface area contributed by atoms with E-state index in [0.29, 0.717) is 35.3 Å². The maximum absolute atomic E-state index is 12.9. The number of carbonyl (C=O) groups excluding carboxylic acids is 1. The summed E-state index contributed by atoms with van der Waals surface area (Å²) in [7, 11) is -3.64. The van der Waals surface area contributed by atoms with Gasteiger partial charge in [0.05, 0.1) is 10.6 Å². The number of amides is 1. The lowest BCUT2D eigenvalue weighted by Gasteiger charge is -2.19. The topological polar surface area (TPSA) is 66.5 Å². The average Bonchev–Trinajstić information content (AvgIpc) is 3.30. The minimum Gasteiger partial charge on any atom is -0.349 e. The molecule has 2 aliphatic rings. The van der Waals surface area contributed by atoms with Crippen LogP contribution in [0.15, 0.2) is 47.4 Å². The van der Waals surface area contributed by atoms with Gasteiger partial charge in [0, 0.05) is 23.2 Å². The fraction of sp³-hybridized carbons (Fsp3) is 0.278. The summed E-state index contributed by atoms with van der Waals surface area (Å²) in [6, 6.07) is 11.6. The highest BCUT2D eigenvalue weighted by atomic mass is 35.5. The van der Waals surface area contributed by atoms with Gasteiger partial charge in [-0.25, -0.2) is 8.42 Å². The van der Waals surface area contributed by atoms with Crippen molar-refractivity contribution >= 4 is 33.2 Å². The number of carbonyl (C=O) groups is 1. The van der Waals surface area contributed by atoms with Gasteiger partial charge >= 0.3 is 0 Å². The molecule has 130 valence electrons. The molecular formula is C18H17ClN2O3S. The van der Waals surface area contributed by atoms with E-state index in [2.05, 4.69) is 5.32 Å². The summed E-state index contributed by atoms with van der Waals surface area (Å²) < 4.78 is 27.2. The zero-order valence-electron chi connectivity index (χ0n) is 13.4. The molecule has 25 heavy (non-hydrogen) atoms. The number of halogens is 1. The number of rotatable bonds is 4. The van der Waals surface area contributed by atoms with E-state index in [1.165, 1.54) is 16.4 Å². The first-order valence-electron chi connectivity index (χ1n) is 8.17. The quantitative estimate of drug-likeness (QED) is 0.892. The Morgan fingerprint density at radius 3 is 2.52 bits per heavy atom. The van der Waals surface area contributed by atoms with Crippen molar-refractivity contribution in [1.82, 2.24) is 5.32 Å². The van der Waals surface area contributed by atoms with Gasteiger partial charge < -0.3 is 5.32 Å². The van der Waals surface area contributed by atoms with Gasteiger partial charge in [-0.2, -0.15) is 0 Å². The van der Waals surface area contributed by atoms with Gasteiger partial charge in [0.15, 0.2) is 0 Å². The molecule has 0 unspecified atom stereocenters. The maximum atomic E-state index is 12.9. The molecule has 1 amide bonds. The number of anilines is 1. The van der Waals surface area contributed by atoms with Crippen molar-refractivity contribution in [3.05, 3.63) is 58.6 Å². The second kappa shape index (κ2) is 6.04. The summed E-state index contributed by atoms with van der Waals surface area (Å²) in [6.07, 6.45) is 2.65. The lowest BCUT2D eigenvalue weighted by Crippen LogP contribution is -2.29. The average molecular weight is 377 g/mol. The highest BCUT2D eigenvalue weighted by Gasteiger charge is 2.31. The Kier molecular flexibility index (Phi) is 3.96. The number of fused-ring (bicyclic) bond motifs is 1. The molecule has 0 radical (unpaired) electrons. The Morgan fingerprint density at radius 1 is 1.12 bits per heavy atom. The van der Waals surface area contributed by atoms with Crippen LogP contribution in [0.5, 0.6) is 0 Å². The molecule has 0 spiro atoms. The number of hydrogen-bond acceptors (Lipinski definition) is 3. The number of benzene rings is 2. The Hall–Kier alpha value is -2.05. The Balaban J connectivity index is 1.63. The second-order valence-electron chi connectivity index (χ2n) is 6.37. The van der Waals surface area contributed by atoms with Gasteiger partial charge in [0.1, 0.15) is 0 Å². The van der Waals surface area contributed by atoms with Crippen LogP contribution in [0.4, 0.5) is 5.69 Å². The van der Waals surface area contributed by atoms with Crippen LogP contribution in [0.25, 0.3) is 0 Å². The van der Waals surface area contributed by atoms with Crippen molar-refractivity contribution in [2.45, 2.75) is 30.2 Å². The Bertz CT molecular complexity index is 937. The molecule has 2 aromatic rings. The Morgan fingerprint density at radius 2 is 1.84 bits per heavy atom. The number of nitrogens with zero attached hydrogens (tertiary/aromatic N) is 1. The normalized spacial score (nSPS) is 16.6. The number of sulfonamides is 1. The van der Waals surface area contributed by atoms with Gasteiger partial charge in [-0.15, -0.1) is 0 Å². The van der Waals surface area contributed by atoms with Crippen molar-refractivity contribution in [1.29, 1.82) is 0 Å². The van der Waals surface area contributed by atoms with E-state index < -0.39 is 10.0 Å². The SMILES string of the molecule is O=C(NC1CC1)c1ccc2c(c1)CCN2S(=O)(=O)c1ccc(Cl)cc1. The second-order valence-corrected chi connectivity index (χ2v) is 8.67. The third-order valence-corrected chi connectivity index (χ3v) is 6.59. The zero-order valence-corrected chi connectivity index (χ0v) is 15.0. The summed E-state index contributed by atoms with van der Waals surface area (Å²) in [5.74, 6) is -0.0932. The summed E-state index contributed by atoms with van der Waals surface area (Å²) in [5, 5.41) is 3.44. The van der Waals surface area contributed by atoms with E-state index in [1.54, 1.807) is 30.3 Å². The molecule has 0 aromatic heterocycles. The lowest BCUT2D eigenvalue weighted by atomic mass is 10.1. The highest BCUT2D eigenvalue weighted by molar-refractivity contribution is 7.92. The van der Waals surface area contributed by atoms with Crippen molar-refractivity contribution in [3.8, 4) is 0 Å². The molecule has 1 aliphatic carbocycles. The first kappa shape index (κ1) is 16.4. The van der Waals surface area contributed by atoms with Crippen LogP contribution < -0.4 is 9.62 Å². The molecule has 1 aliphatic heterocycles. The van der Waals surface area contributed by atoms with Gasteiger partial charge in [-0.05, 0) is 67.3 Å². The van der Waals surface area contributed by atoms with Gasteiger partial charge in [-0.3, -0.25) is 9.10 Å². The third-order valence-electron chi connectivity index (χ3n) is 4.51. The molecule has 0 bridgehead atoms. The molecular weight excluding hydrogens is 360 g/mol. The molecule has 2 aromatic carbocycles. The largest absolute Gasteiger partial charge is 0.349 e. The minimum atomic E-state index is -3.64. The summed E-state index contributed by atoms with van der Waals surface area (Å²) in [6.45, 7) is 0.369. The van der Waals surface area contributed by atoms with Crippen LogP contribution in [0.3, 0.4) is 0 Å². The van der Waals surface area contributed by atoms with Crippen LogP contribution in [0.1, 0.15) is 28.8 Å². The standard InChI is InChI=1S/C18H17ClN2O3S/c19-14-2-6-16(7-3-14)25(23,24)21-10-9-12-11-13(1-8-17(12)21)18(22)20-15-4-5-15/h1-3,6-8,11,15H,4-5,9-10H2,(H,20,22). The van der Waals surface area contributed by atoms with Crippen LogP contribution in [0, 0.1) is 0 Å². The van der Waals surface area contributed by atoms with Crippen LogP contribution in [-0.2, 0) is 16.4 Å². The van der Waals surface area contributed by atoms with Gasteiger partial charge in [0.25, 0.3) is 15.9 Å².